The summed E-state index contributed by atoms with van der Waals surface area (Å²) in [6, 6.07) is 30.2. The molecule has 0 unspecified atom stereocenters. The molecular formula is C43H40I2N6O6. The number of aliphatic hydroxyl groups is 2. The fraction of sp³-hybridized carbons (Fsp3) is 0.233. The van der Waals surface area contributed by atoms with Crippen LogP contribution in [0.5, 0.6) is 5.75 Å². The highest BCUT2D eigenvalue weighted by Gasteiger charge is 2.37. The standard InChI is InChI=1S/C22H22IN3O3.C21H18IN3O3/c1-22(2,28)20-18-12-13-25(15-6-4-14(23)5-7-15)21(27)19(18)26(24-20)16-8-10-17(29-3)11-9-16;1-13(27)19-18-10-11-24(16-8-4-15(22)5-9-16)21(28)20(18)25(23-19)17-6-2-14(12-26)3-7-17/h4-11,28H,12-13H2,1-3H3;2-9,26H,10-12H2,1H3. The molecular weight excluding hydrogens is 950 g/mol. The van der Waals surface area contributed by atoms with Gasteiger partial charge in [-0.3, -0.25) is 14.4 Å². The van der Waals surface area contributed by atoms with Crippen molar-refractivity contribution in [3.63, 3.8) is 0 Å². The van der Waals surface area contributed by atoms with Gasteiger partial charge in [0.2, 0.25) is 0 Å². The molecule has 2 aliphatic heterocycles. The van der Waals surface area contributed by atoms with Gasteiger partial charge in [-0.15, -0.1) is 0 Å². The number of amides is 2. The summed E-state index contributed by atoms with van der Waals surface area (Å²) < 4.78 is 10.6. The maximum absolute atomic E-state index is 13.5. The number of carbonyl (C=O) groups is 3. The first kappa shape index (κ1) is 40.3. The first-order valence-electron chi connectivity index (χ1n) is 18.3. The Balaban J connectivity index is 0.000000174. The van der Waals surface area contributed by atoms with Gasteiger partial charge in [-0.2, -0.15) is 10.2 Å². The number of hydrogen-bond acceptors (Lipinski definition) is 8. The maximum atomic E-state index is 13.5. The molecule has 0 bridgehead atoms. The van der Waals surface area contributed by atoms with Gasteiger partial charge in [0, 0.05) is 49.7 Å². The average Bonchev–Trinajstić information content (AvgIpc) is 3.81. The third-order valence-electron chi connectivity index (χ3n) is 9.90. The largest absolute Gasteiger partial charge is 0.497 e. The number of halogens is 2. The van der Waals surface area contributed by atoms with Gasteiger partial charge in [0.1, 0.15) is 28.4 Å². The van der Waals surface area contributed by atoms with Crippen molar-refractivity contribution in [2.24, 2.45) is 0 Å². The monoisotopic (exact) mass is 990 g/mol. The Morgan fingerprint density at radius 2 is 1.14 bits per heavy atom. The SMILES string of the molecule is CC(=O)c1nn(-c2ccc(CO)cc2)c2c1CCN(c1ccc(I)cc1)C2=O.COc1ccc(-n2nc(C(C)(C)O)c3c2C(=O)N(c2ccc(I)cc2)CC3)cc1. The normalized spacial score (nSPS) is 13.8. The topological polar surface area (TPSA) is 143 Å². The lowest BCUT2D eigenvalue weighted by molar-refractivity contribution is 0.0724. The highest BCUT2D eigenvalue weighted by molar-refractivity contribution is 14.1. The summed E-state index contributed by atoms with van der Waals surface area (Å²) in [4.78, 5) is 42.5. The number of methoxy groups -OCH3 is 1. The van der Waals surface area contributed by atoms with Gasteiger partial charge in [-0.25, -0.2) is 9.36 Å². The van der Waals surface area contributed by atoms with E-state index in [4.69, 9.17) is 4.74 Å². The number of rotatable bonds is 8. The minimum atomic E-state index is -1.15. The van der Waals surface area contributed by atoms with E-state index in [1.807, 2.05) is 72.8 Å². The van der Waals surface area contributed by atoms with Crippen LogP contribution in [0.4, 0.5) is 11.4 Å². The molecule has 2 N–H and O–H groups in total. The highest BCUT2D eigenvalue weighted by atomic mass is 127. The lowest BCUT2D eigenvalue weighted by atomic mass is 9.94. The predicted molar refractivity (Wildman–Crippen MR) is 234 cm³/mol. The molecule has 8 rings (SSSR count). The predicted octanol–water partition coefficient (Wildman–Crippen LogP) is 7.29. The van der Waals surface area contributed by atoms with Gasteiger partial charge in [0.15, 0.2) is 5.78 Å². The number of aromatic nitrogens is 4. The molecule has 2 amide bonds. The lowest BCUT2D eigenvalue weighted by Gasteiger charge is -2.28. The van der Waals surface area contributed by atoms with Crippen LogP contribution in [0.1, 0.15) is 74.6 Å². The smallest absolute Gasteiger partial charge is 0.277 e. The number of ketones is 1. The molecule has 2 aromatic heterocycles. The van der Waals surface area contributed by atoms with Crippen molar-refractivity contribution < 1.29 is 29.3 Å². The summed E-state index contributed by atoms with van der Waals surface area (Å²) in [5, 5.41) is 29.1. The second-order valence-corrected chi connectivity index (χ2v) is 16.7. The van der Waals surface area contributed by atoms with E-state index in [2.05, 4.69) is 55.4 Å². The minimum Gasteiger partial charge on any atom is -0.497 e. The Labute approximate surface area is 357 Å². The van der Waals surface area contributed by atoms with Crippen LogP contribution in [0.2, 0.25) is 0 Å². The zero-order valence-corrected chi connectivity index (χ0v) is 36.1. The zero-order valence-electron chi connectivity index (χ0n) is 31.7. The van der Waals surface area contributed by atoms with Crippen LogP contribution in [0, 0.1) is 7.14 Å². The average molecular weight is 991 g/mol. The van der Waals surface area contributed by atoms with E-state index in [1.54, 1.807) is 64.4 Å². The fourth-order valence-corrected chi connectivity index (χ4v) is 7.79. The van der Waals surface area contributed by atoms with Crippen molar-refractivity contribution in [3.05, 3.63) is 144 Å². The summed E-state index contributed by atoms with van der Waals surface area (Å²) in [6.45, 7) is 5.85. The lowest BCUT2D eigenvalue weighted by Crippen LogP contribution is -2.39. The van der Waals surface area contributed by atoms with Gasteiger partial charge in [-0.05, 0) is 162 Å². The van der Waals surface area contributed by atoms with Crippen molar-refractivity contribution >= 4 is 74.2 Å². The Hall–Kier alpha value is -4.91. The molecule has 6 aromatic rings. The summed E-state index contributed by atoms with van der Waals surface area (Å²) >= 11 is 4.48. The molecule has 4 aromatic carbocycles. The number of hydrogen-bond donors (Lipinski definition) is 2. The van der Waals surface area contributed by atoms with Crippen molar-refractivity contribution in [1.29, 1.82) is 0 Å². The van der Waals surface area contributed by atoms with E-state index < -0.39 is 5.60 Å². The Kier molecular flexibility index (Phi) is 11.7. The van der Waals surface area contributed by atoms with Crippen molar-refractivity contribution in [3.8, 4) is 17.1 Å². The first-order valence-corrected chi connectivity index (χ1v) is 20.4. The molecule has 4 heterocycles. The summed E-state index contributed by atoms with van der Waals surface area (Å²) in [5.41, 5.74) is 6.03. The van der Waals surface area contributed by atoms with Crippen LogP contribution in [0.3, 0.4) is 0 Å². The van der Waals surface area contributed by atoms with Crippen molar-refractivity contribution in [2.45, 2.75) is 45.8 Å². The number of benzene rings is 4. The molecule has 0 saturated carbocycles. The second-order valence-electron chi connectivity index (χ2n) is 14.2. The molecule has 292 valence electrons. The van der Waals surface area contributed by atoms with E-state index in [-0.39, 0.29) is 24.2 Å². The quantitative estimate of drug-likeness (QED) is 0.120. The zero-order chi connectivity index (χ0) is 40.6. The Morgan fingerprint density at radius 1 is 0.702 bits per heavy atom. The third kappa shape index (κ3) is 8.13. The third-order valence-corrected chi connectivity index (χ3v) is 11.3. The van der Waals surface area contributed by atoms with Crippen LogP contribution in [0.25, 0.3) is 11.4 Å². The van der Waals surface area contributed by atoms with Crippen LogP contribution in [0.15, 0.2) is 97.1 Å². The summed E-state index contributed by atoms with van der Waals surface area (Å²) in [5.74, 6) is 0.279. The van der Waals surface area contributed by atoms with Gasteiger partial charge in [0.25, 0.3) is 11.8 Å². The van der Waals surface area contributed by atoms with Crippen LogP contribution in [-0.4, -0.2) is 67.6 Å². The van der Waals surface area contributed by atoms with Crippen molar-refractivity contribution in [2.75, 3.05) is 30.0 Å². The van der Waals surface area contributed by atoms with Crippen LogP contribution >= 0.6 is 45.2 Å². The molecule has 0 spiro atoms. The second kappa shape index (κ2) is 16.5. The van der Waals surface area contributed by atoms with Gasteiger partial charge in [-0.1, -0.05) is 12.1 Å². The number of Topliss-reactive ketones (excluding diaryl/α,β-unsaturated/α-hetero) is 1. The maximum Gasteiger partial charge on any atom is 0.277 e. The Morgan fingerprint density at radius 3 is 1.60 bits per heavy atom. The van der Waals surface area contributed by atoms with Gasteiger partial charge < -0.3 is 24.7 Å². The molecule has 0 saturated heterocycles. The summed E-state index contributed by atoms with van der Waals surface area (Å²) in [7, 11) is 1.61. The number of fused-ring (bicyclic) bond motifs is 2. The van der Waals surface area contributed by atoms with Crippen molar-refractivity contribution in [1.82, 2.24) is 19.6 Å². The van der Waals surface area contributed by atoms with Gasteiger partial charge >= 0.3 is 0 Å². The molecule has 0 fully saturated rings. The number of aliphatic hydroxyl groups excluding tert-OH is 1. The number of nitrogens with zero attached hydrogens (tertiary/aromatic N) is 6. The molecule has 0 atom stereocenters. The number of carbonyl (C=O) groups excluding carboxylic acids is 3. The van der Waals surface area contributed by atoms with E-state index in [1.165, 1.54) is 6.92 Å². The molecule has 0 radical (unpaired) electrons. The molecule has 12 nitrogen and oxygen atoms in total. The molecule has 2 aliphatic rings. The van der Waals surface area contributed by atoms with E-state index in [9.17, 15) is 24.6 Å². The van der Waals surface area contributed by atoms with Crippen LogP contribution in [-0.2, 0) is 25.0 Å². The fourth-order valence-electron chi connectivity index (χ4n) is 7.07. The van der Waals surface area contributed by atoms with E-state index in [0.29, 0.717) is 60.0 Å². The first-order chi connectivity index (χ1) is 27.3. The van der Waals surface area contributed by atoms with E-state index >= 15 is 0 Å². The molecule has 14 heteroatoms. The minimum absolute atomic E-state index is 0.0598. The van der Waals surface area contributed by atoms with E-state index in [0.717, 1.165) is 41.1 Å². The number of anilines is 2. The number of ether oxygens (including phenoxy) is 1. The van der Waals surface area contributed by atoms with Crippen LogP contribution < -0.4 is 14.5 Å². The summed E-state index contributed by atoms with van der Waals surface area (Å²) in [6.07, 6.45) is 1.19. The molecule has 57 heavy (non-hydrogen) atoms. The highest BCUT2D eigenvalue weighted by Crippen LogP contribution is 2.34. The molecule has 0 aliphatic carbocycles. The Bertz CT molecular complexity index is 2450. The van der Waals surface area contributed by atoms with Gasteiger partial charge in [0.05, 0.1) is 30.8 Å².